The Balaban J connectivity index is 1.98. The van der Waals surface area contributed by atoms with Gasteiger partial charge in [-0.05, 0) is 77.3 Å². The molecule has 0 aromatic heterocycles. The van der Waals surface area contributed by atoms with Crippen molar-refractivity contribution in [2.45, 2.75) is 65.0 Å². The Morgan fingerprint density at radius 1 is 1.31 bits per heavy atom. The van der Waals surface area contributed by atoms with Crippen LogP contribution in [0.3, 0.4) is 0 Å². The molecule has 1 aromatic carbocycles. The van der Waals surface area contributed by atoms with Crippen LogP contribution in [0.4, 0.5) is 5.69 Å². The Morgan fingerprint density at radius 2 is 2.00 bits per heavy atom. The van der Waals surface area contributed by atoms with E-state index in [0.29, 0.717) is 29.7 Å². The average molecular weight is 381 g/mol. The Bertz CT molecular complexity index is 651. The summed E-state index contributed by atoms with van der Waals surface area (Å²) in [6.07, 6.45) is 3.04. The molecule has 1 aliphatic rings. The van der Waals surface area contributed by atoms with E-state index in [0.717, 1.165) is 5.56 Å². The fraction of sp³-hybridized carbons (Fsp3) is 0.600. The van der Waals surface area contributed by atoms with Crippen LogP contribution in [0.1, 0.15) is 52.0 Å². The van der Waals surface area contributed by atoms with Crippen LogP contribution in [-0.2, 0) is 14.3 Å². The van der Waals surface area contributed by atoms with Crippen molar-refractivity contribution < 1.29 is 14.3 Å². The van der Waals surface area contributed by atoms with Gasteiger partial charge in [0.05, 0.1) is 6.42 Å². The molecule has 1 atom stereocenters. The maximum Gasteiger partial charge on any atom is 0.307 e. The van der Waals surface area contributed by atoms with Crippen LogP contribution in [0, 0.1) is 12.8 Å². The van der Waals surface area contributed by atoms with Crippen LogP contribution in [-0.4, -0.2) is 30.1 Å². The lowest BCUT2D eigenvalue weighted by Gasteiger charge is -2.22. The second-order valence-corrected chi connectivity index (χ2v) is 8.36. The Kier molecular flexibility index (Phi) is 7.07. The highest BCUT2D eigenvalue weighted by Crippen LogP contribution is 2.22. The van der Waals surface area contributed by atoms with Crippen molar-refractivity contribution in [1.82, 2.24) is 5.32 Å². The molecule has 0 bridgehead atoms. The molecule has 6 heteroatoms. The van der Waals surface area contributed by atoms with E-state index in [1.807, 2.05) is 33.8 Å². The normalized spacial score (nSPS) is 15.4. The van der Waals surface area contributed by atoms with Gasteiger partial charge in [0, 0.05) is 22.7 Å². The number of halogens is 1. The van der Waals surface area contributed by atoms with Crippen LogP contribution >= 0.6 is 11.6 Å². The molecule has 0 aliphatic heterocycles. The smallest absolute Gasteiger partial charge is 0.307 e. The second kappa shape index (κ2) is 8.87. The van der Waals surface area contributed by atoms with Crippen LogP contribution in [0.25, 0.3) is 0 Å². The van der Waals surface area contributed by atoms with Gasteiger partial charge in [-0.2, -0.15) is 0 Å². The maximum atomic E-state index is 12.7. The Morgan fingerprint density at radius 3 is 2.58 bits per heavy atom. The van der Waals surface area contributed by atoms with E-state index in [2.05, 4.69) is 10.6 Å². The molecule has 1 aliphatic carbocycles. The lowest BCUT2D eigenvalue weighted by atomic mass is 9.99. The average Bonchev–Trinajstić information content (AvgIpc) is 3.32. The van der Waals surface area contributed by atoms with Gasteiger partial charge < -0.3 is 15.4 Å². The first-order chi connectivity index (χ1) is 12.1. The zero-order valence-corrected chi connectivity index (χ0v) is 16.8. The minimum atomic E-state index is -0.558. The van der Waals surface area contributed by atoms with Crippen molar-refractivity contribution in [2.24, 2.45) is 5.92 Å². The molecule has 0 heterocycles. The van der Waals surface area contributed by atoms with Crippen LogP contribution in [0.15, 0.2) is 18.2 Å². The number of aryl methyl sites for hydroxylation is 1. The van der Waals surface area contributed by atoms with E-state index in [9.17, 15) is 9.59 Å². The minimum absolute atomic E-state index is 0.0715. The summed E-state index contributed by atoms with van der Waals surface area (Å²) in [6, 6.07) is 5.91. The van der Waals surface area contributed by atoms with Gasteiger partial charge in [0.15, 0.2) is 0 Å². The summed E-state index contributed by atoms with van der Waals surface area (Å²) >= 11 is 6.03. The van der Waals surface area contributed by atoms with E-state index in [1.54, 1.807) is 12.1 Å². The molecular weight excluding hydrogens is 352 g/mol. The first-order valence-corrected chi connectivity index (χ1v) is 9.54. The minimum Gasteiger partial charge on any atom is -0.460 e. The van der Waals surface area contributed by atoms with Crippen LogP contribution in [0.5, 0.6) is 0 Å². The van der Waals surface area contributed by atoms with E-state index < -0.39 is 11.5 Å². The zero-order chi connectivity index (χ0) is 19.3. The first-order valence-electron chi connectivity index (χ1n) is 9.16. The van der Waals surface area contributed by atoms with Gasteiger partial charge >= 0.3 is 5.97 Å². The summed E-state index contributed by atoms with van der Waals surface area (Å²) in [6.45, 7) is 8.07. The van der Waals surface area contributed by atoms with Crippen molar-refractivity contribution >= 4 is 29.2 Å². The van der Waals surface area contributed by atoms with E-state index in [-0.39, 0.29) is 18.3 Å². The topological polar surface area (TPSA) is 67.4 Å². The van der Waals surface area contributed by atoms with Crippen molar-refractivity contribution in [2.75, 3.05) is 11.9 Å². The number of hydrogen-bond donors (Lipinski definition) is 2. The molecule has 26 heavy (non-hydrogen) atoms. The lowest BCUT2D eigenvalue weighted by Crippen LogP contribution is -2.32. The standard InChI is InChI=1S/C20H29ClN2O3/c1-13-11-16(7-8-17(13)21)23-19(25)14(9-10-22-15-5-6-15)12-18(24)26-20(2,3)4/h7-8,11,14-15,22H,5-6,9-10,12H2,1-4H3,(H,23,25)/t14-/m1/s1. The molecule has 5 nitrogen and oxygen atoms in total. The largest absolute Gasteiger partial charge is 0.460 e. The number of amides is 1. The maximum absolute atomic E-state index is 12.7. The van der Waals surface area contributed by atoms with E-state index in [1.165, 1.54) is 12.8 Å². The van der Waals surface area contributed by atoms with Gasteiger partial charge in [-0.15, -0.1) is 0 Å². The van der Waals surface area contributed by atoms with Gasteiger partial charge in [0.2, 0.25) is 5.91 Å². The van der Waals surface area contributed by atoms with Crippen molar-refractivity contribution in [3.8, 4) is 0 Å². The summed E-state index contributed by atoms with van der Waals surface area (Å²) in [4.78, 5) is 24.9. The summed E-state index contributed by atoms with van der Waals surface area (Å²) in [5, 5.41) is 6.95. The van der Waals surface area contributed by atoms with E-state index in [4.69, 9.17) is 16.3 Å². The highest BCUT2D eigenvalue weighted by molar-refractivity contribution is 6.31. The molecular formula is C20H29ClN2O3. The molecule has 2 N–H and O–H groups in total. The number of rotatable bonds is 8. The highest BCUT2D eigenvalue weighted by atomic mass is 35.5. The molecule has 1 fully saturated rings. The molecule has 0 spiro atoms. The van der Waals surface area contributed by atoms with Gasteiger partial charge in [-0.25, -0.2) is 0 Å². The van der Waals surface area contributed by atoms with Gasteiger partial charge in [0.25, 0.3) is 0 Å². The number of hydrogen-bond acceptors (Lipinski definition) is 4. The number of benzene rings is 1. The first kappa shape index (κ1) is 20.7. The number of anilines is 1. The number of nitrogens with one attached hydrogen (secondary N) is 2. The third-order valence-corrected chi connectivity index (χ3v) is 4.56. The summed E-state index contributed by atoms with van der Waals surface area (Å²) in [5.41, 5.74) is 1.02. The third kappa shape index (κ3) is 7.34. The molecule has 0 radical (unpaired) electrons. The zero-order valence-electron chi connectivity index (χ0n) is 16.0. The number of carbonyl (C=O) groups is 2. The molecule has 144 valence electrons. The van der Waals surface area contributed by atoms with Crippen molar-refractivity contribution in [3.05, 3.63) is 28.8 Å². The second-order valence-electron chi connectivity index (χ2n) is 7.96. The lowest BCUT2D eigenvalue weighted by molar-refractivity contribution is -0.157. The predicted molar refractivity (Wildman–Crippen MR) is 104 cm³/mol. The number of carbonyl (C=O) groups excluding carboxylic acids is 2. The third-order valence-electron chi connectivity index (χ3n) is 4.13. The monoisotopic (exact) mass is 380 g/mol. The van der Waals surface area contributed by atoms with Gasteiger partial charge in [0.1, 0.15) is 5.60 Å². The van der Waals surface area contributed by atoms with Gasteiger partial charge in [-0.3, -0.25) is 9.59 Å². The Hall–Kier alpha value is -1.59. The number of esters is 1. The van der Waals surface area contributed by atoms with E-state index >= 15 is 0 Å². The van der Waals surface area contributed by atoms with Crippen molar-refractivity contribution in [3.63, 3.8) is 0 Å². The van der Waals surface area contributed by atoms with Crippen LogP contribution in [0.2, 0.25) is 5.02 Å². The summed E-state index contributed by atoms with van der Waals surface area (Å²) in [5.74, 6) is -0.960. The number of ether oxygens (including phenoxy) is 1. The van der Waals surface area contributed by atoms with Crippen molar-refractivity contribution in [1.29, 1.82) is 0 Å². The molecule has 1 saturated carbocycles. The SMILES string of the molecule is Cc1cc(NC(=O)[C@H](CCNC2CC2)CC(=O)OC(C)(C)C)ccc1Cl. The molecule has 1 aromatic rings. The van der Waals surface area contributed by atoms with Gasteiger partial charge in [-0.1, -0.05) is 11.6 Å². The fourth-order valence-corrected chi connectivity index (χ4v) is 2.74. The highest BCUT2D eigenvalue weighted by Gasteiger charge is 2.27. The van der Waals surface area contributed by atoms with Crippen LogP contribution < -0.4 is 10.6 Å². The summed E-state index contributed by atoms with van der Waals surface area (Å²) in [7, 11) is 0. The molecule has 0 saturated heterocycles. The summed E-state index contributed by atoms with van der Waals surface area (Å²) < 4.78 is 5.39. The molecule has 0 unspecified atom stereocenters. The fourth-order valence-electron chi connectivity index (χ4n) is 2.63. The molecule has 2 rings (SSSR count). The Labute approximate surface area is 160 Å². The predicted octanol–water partition coefficient (Wildman–Crippen LogP) is 4.08. The molecule has 1 amide bonds. The quantitative estimate of drug-likeness (QED) is 0.667.